The van der Waals surface area contributed by atoms with E-state index < -0.39 is 0 Å². The number of rotatable bonds is 5. The third kappa shape index (κ3) is 4.79. The first-order chi connectivity index (χ1) is 10.0. The fraction of sp³-hybridized carbons (Fsp3) is 0.188. The number of ether oxygens (including phenoxy) is 1. The summed E-state index contributed by atoms with van der Waals surface area (Å²) in [4.78, 5) is 11.9. The van der Waals surface area contributed by atoms with Crippen LogP contribution in [0.3, 0.4) is 0 Å². The molecule has 0 unspecified atom stereocenters. The summed E-state index contributed by atoms with van der Waals surface area (Å²) < 4.78 is 6.43. The van der Waals surface area contributed by atoms with E-state index >= 15 is 0 Å². The minimum absolute atomic E-state index is 0.0954. The number of halogens is 1. The van der Waals surface area contributed by atoms with Crippen molar-refractivity contribution < 1.29 is 9.53 Å². The molecule has 2 aromatic rings. The van der Waals surface area contributed by atoms with E-state index in [0.717, 1.165) is 15.7 Å². The van der Waals surface area contributed by atoms with Crippen LogP contribution >= 0.6 is 15.9 Å². The van der Waals surface area contributed by atoms with Crippen molar-refractivity contribution in [3.8, 4) is 5.75 Å². The molecule has 0 aliphatic rings. The van der Waals surface area contributed by atoms with Crippen LogP contribution in [-0.4, -0.2) is 12.5 Å². The second kappa shape index (κ2) is 7.13. The van der Waals surface area contributed by atoms with E-state index in [4.69, 9.17) is 10.5 Å². The molecule has 21 heavy (non-hydrogen) atoms. The van der Waals surface area contributed by atoms with Crippen molar-refractivity contribution in [3.05, 3.63) is 52.5 Å². The maximum atomic E-state index is 11.9. The Morgan fingerprint density at radius 1 is 1.29 bits per heavy atom. The fourth-order valence-electron chi connectivity index (χ4n) is 1.90. The summed E-state index contributed by atoms with van der Waals surface area (Å²) >= 11 is 3.40. The third-order valence-electron chi connectivity index (χ3n) is 2.83. The van der Waals surface area contributed by atoms with Gasteiger partial charge in [0.05, 0.1) is 18.7 Å². The van der Waals surface area contributed by atoms with Gasteiger partial charge in [0.25, 0.3) is 0 Å². The number of para-hydroxylation sites is 2. The van der Waals surface area contributed by atoms with Gasteiger partial charge in [-0.2, -0.15) is 0 Å². The van der Waals surface area contributed by atoms with E-state index in [2.05, 4.69) is 21.2 Å². The molecule has 2 aromatic carbocycles. The van der Waals surface area contributed by atoms with Crippen LogP contribution in [0.1, 0.15) is 12.0 Å². The number of hydrogen-bond acceptors (Lipinski definition) is 3. The molecule has 0 aliphatic heterocycles. The molecule has 3 N–H and O–H groups in total. The highest BCUT2D eigenvalue weighted by Crippen LogP contribution is 2.21. The van der Waals surface area contributed by atoms with E-state index in [-0.39, 0.29) is 18.9 Å². The van der Waals surface area contributed by atoms with Gasteiger partial charge >= 0.3 is 0 Å². The molecule has 0 saturated heterocycles. The molecule has 1 amide bonds. The molecule has 0 radical (unpaired) electrons. The maximum Gasteiger partial charge on any atom is 0.227 e. The summed E-state index contributed by atoms with van der Waals surface area (Å²) in [6.07, 6.45) is 0.264. The van der Waals surface area contributed by atoms with Gasteiger partial charge in [-0.3, -0.25) is 4.79 Å². The van der Waals surface area contributed by atoms with Gasteiger partial charge in [-0.1, -0.05) is 28.1 Å². The average molecular weight is 349 g/mol. The van der Waals surface area contributed by atoms with Crippen LogP contribution in [0.2, 0.25) is 0 Å². The minimum atomic E-state index is -0.0954. The molecule has 5 heteroatoms. The number of carbonyl (C=O) groups is 1. The Morgan fingerprint density at radius 3 is 2.76 bits per heavy atom. The maximum absolute atomic E-state index is 11.9. The zero-order chi connectivity index (χ0) is 15.2. The lowest BCUT2D eigenvalue weighted by Crippen LogP contribution is -2.15. The van der Waals surface area contributed by atoms with Crippen LogP contribution in [0.4, 0.5) is 11.4 Å². The van der Waals surface area contributed by atoms with Gasteiger partial charge in [-0.15, -0.1) is 0 Å². The Bertz CT molecular complexity index is 624. The monoisotopic (exact) mass is 348 g/mol. The first kappa shape index (κ1) is 15.4. The predicted molar refractivity (Wildman–Crippen MR) is 88.5 cm³/mol. The van der Waals surface area contributed by atoms with Crippen LogP contribution < -0.4 is 15.8 Å². The SMILES string of the molecule is Cc1cc(Br)cc(NC(=O)CCOc2ccccc2N)c1. The first-order valence-corrected chi connectivity index (χ1v) is 7.38. The van der Waals surface area contributed by atoms with Crippen LogP contribution in [0.25, 0.3) is 0 Å². The zero-order valence-electron chi connectivity index (χ0n) is 11.7. The van der Waals surface area contributed by atoms with Crippen molar-refractivity contribution in [2.24, 2.45) is 0 Å². The summed E-state index contributed by atoms with van der Waals surface area (Å²) in [6, 6.07) is 13.0. The molecular formula is C16H17BrN2O2. The second-order valence-electron chi connectivity index (χ2n) is 4.70. The van der Waals surface area contributed by atoms with Crippen LogP contribution in [0.15, 0.2) is 46.9 Å². The van der Waals surface area contributed by atoms with Gasteiger partial charge < -0.3 is 15.8 Å². The molecule has 0 spiro atoms. The molecule has 110 valence electrons. The predicted octanol–water partition coefficient (Wildman–Crippen LogP) is 3.75. The Hall–Kier alpha value is -2.01. The number of nitrogen functional groups attached to an aromatic ring is 1. The molecule has 0 aliphatic carbocycles. The highest BCUT2D eigenvalue weighted by Gasteiger charge is 2.05. The van der Waals surface area contributed by atoms with Crippen LogP contribution in [-0.2, 0) is 4.79 Å². The molecule has 2 rings (SSSR count). The number of nitrogens with one attached hydrogen (secondary N) is 1. The topological polar surface area (TPSA) is 64.3 Å². The van der Waals surface area contributed by atoms with Gasteiger partial charge in [-0.05, 0) is 42.8 Å². The Kier molecular flexibility index (Phi) is 5.22. The first-order valence-electron chi connectivity index (χ1n) is 6.59. The average Bonchev–Trinajstić information content (AvgIpc) is 2.39. The van der Waals surface area contributed by atoms with E-state index in [1.807, 2.05) is 37.3 Å². The number of aryl methyl sites for hydroxylation is 1. The summed E-state index contributed by atoms with van der Waals surface area (Å²) in [6.45, 7) is 2.26. The number of amides is 1. The van der Waals surface area contributed by atoms with Crippen molar-refractivity contribution >= 4 is 33.2 Å². The van der Waals surface area contributed by atoms with Gasteiger partial charge in [-0.25, -0.2) is 0 Å². The van der Waals surface area contributed by atoms with Crippen molar-refractivity contribution in [3.63, 3.8) is 0 Å². The molecule has 0 fully saturated rings. The smallest absolute Gasteiger partial charge is 0.227 e. The van der Waals surface area contributed by atoms with Gasteiger partial charge in [0.1, 0.15) is 5.75 Å². The summed E-state index contributed by atoms with van der Waals surface area (Å²) in [5.41, 5.74) is 8.18. The van der Waals surface area contributed by atoms with Crippen LogP contribution in [0, 0.1) is 6.92 Å². The van der Waals surface area contributed by atoms with Crippen molar-refractivity contribution in [1.82, 2.24) is 0 Å². The Morgan fingerprint density at radius 2 is 2.05 bits per heavy atom. The lowest BCUT2D eigenvalue weighted by molar-refractivity contribution is -0.116. The number of benzene rings is 2. The third-order valence-corrected chi connectivity index (χ3v) is 3.29. The van der Waals surface area contributed by atoms with Crippen molar-refractivity contribution in [2.45, 2.75) is 13.3 Å². The molecule has 4 nitrogen and oxygen atoms in total. The minimum Gasteiger partial charge on any atom is -0.491 e. The van der Waals surface area contributed by atoms with Crippen molar-refractivity contribution in [1.29, 1.82) is 0 Å². The number of hydrogen-bond donors (Lipinski definition) is 2. The molecule has 0 atom stereocenters. The Balaban J connectivity index is 1.84. The van der Waals surface area contributed by atoms with E-state index in [1.54, 1.807) is 12.1 Å². The second-order valence-corrected chi connectivity index (χ2v) is 5.62. The molecule has 0 bridgehead atoms. The molecule has 0 saturated carbocycles. The Labute approximate surface area is 132 Å². The number of carbonyl (C=O) groups excluding carboxylic acids is 1. The summed E-state index contributed by atoms with van der Waals surface area (Å²) in [5, 5.41) is 2.84. The standard InChI is InChI=1S/C16H17BrN2O2/c1-11-8-12(17)10-13(9-11)19-16(20)6-7-21-15-5-3-2-4-14(15)18/h2-5,8-10H,6-7,18H2,1H3,(H,19,20). The van der Waals surface area contributed by atoms with Gasteiger partial charge in [0, 0.05) is 10.2 Å². The quantitative estimate of drug-likeness (QED) is 0.808. The van der Waals surface area contributed by atoms with Crippen molar-refractivity contribution in [2.75, 3.05) is 17.7 Å². The van der Waals surface area contributed by atoms with Gasteiger partial charge in [0.15, 0.2) is 0 Å². The van der Waals surface area contributed by atoms with Crippen LogP contribution in [0.5, 0.6) is 5.75 Å². The number of anilines is 2. The van der Waals surface area contributed by atoms with Gasteiger partial charge in [0.2, 0.25) is 5.91 Å². The summed E-state index contributed by atoms with van der Waals surface area (Å²) in [7, 11) is 0. The largest absolute Gasteiger partial charge is 0.491 e. The number of nitrogens with two attached hydrogens (primary N) is 1. The molecular weight excluding hydrogens is 332 g/mol. The van der Waals surface area contributed by atoms with E-state index in [1.165, 1.54) is 0 Å². The zero-order valence-corrected chi connectivity index (χ0v) is 13.3. The van der Waals surface area contributed by atoms with E-state index in [0.29, 0.717) is 11.4 Å². The normalized spacial score (nSPS) is 10.2. The highest BCUT2D eigenvalue weighted by atomic mass is 79.9. The highest BCUT2D eigenvalue weighted by molar-refractivity contribution is 9.10. The lowest BCUT2D eigenvalue weighted by atomic mass is 10.2. The lowest BCUT2D eigenvalue weighted by Gasteiger charge is -2.09. The molecule has 0 heterocycles. The fourth-order valence-corrected chi connectivity index (χ4v) is 2.51. The molecule has 0 aromatic heterocycles. The summed E-state index contributed by atoms with van der Waals surface area (Å²) in [5.74, 6) is 0.505. The van der Waals surface area contributed by atoms with E-state index in [9.17, 15) is 4.79 Å².